The van der Waals surface area contributed by atoms with Crippen LogP contribution in [0.4, 0.5) is 23.1 Å². The van der Waals surface area contributed by atoms with E-state index in [1.54, 1.807) is 0 Å². The molecule has 3 rings (SSSR count). The summed E-state index contributed by atoms with van der Waals surface area (Å²) in [4.78, 5) is 11.4. The second kappa shape index (κ2) is 7.53. The Kier molecular flexibility index (Phi) is 5.19. The number of para-hydroxylation sites is 1. The summed E-state index contributed by atoms with van der Waals surface area (Å²) in [5.74, 6) is 1.43. The molecule has 0 spiro atoms. The maximum absolute atomic E-state index is 6.21. The Bertz CT molecular complexity index is 865. The van der Waals surface area contributed by atoms with E-state index in [4.69, 9.17) is 16.6 Å². The Balaban J connectivity index is 1.96. The molecule has 1 aromatic heterocycles. The summed E-state index contributed by atoms with van der Waals surface area (Å²) in [6, 6.07) is 18.0. The fraction of sp³-hybridized carbons (Fsp3) is 0.200. The van der Waals surface area contributed by atoms with Crippen molar-refractivity contribution >= 4 is 34.7 Å². The van der Waals surface area contributed by atoms with E-state index in [1.165, 1.54) is 0 Å². The van der Waals surface area contributed by atoms with Crippen LogP contribution < -0.4 is 10.2 Å². The molecule has 0 saturated heterocycles. The summed E-state index contributed by atoms with van der Waals surface area (Å²) in [6.45, 7) is 6.87. The second-order valence-corrected chi connectivity index (χ2v) is 6.22. The predicted octanol–water partition coefficient (Wildman–Crippen LogP) is 5.65. The van der Waals surface area contributed by atoms with Crippen molar-refractivity contribution in [1.82, 2.24) is 9.97 Å². The highest BCUT2D eigenvalue weighted by Crippen LogP contribution is 2.28. The van der Waals surface area contributed by atoms with Gasteiger partial charge >= 0.3 is 0 Å². The molecule has 0 bridgehead atoms. The lowest BCUT2D eigenvalue weighted by atomic mass is 10.2. The lowest BCUT2D eigenvalue weighted by molar-refractivity contribution is 0.969. The maximum Gasteiger partial charge on any atom is 0.229 e. The fourth-order valence-electron chi connectivity index (χ4n) is 2.69. The van der Waals surface area contributed by atoms with Crippen LogP contribution in [0.15, 0.2) is 54.6 Å². The van der Waals surface area contributed by atoms with Gasteiger partial charge in [-0.2, -0.15) is 4.98 Å². The van der Waals surface area contributed by atoms with Crippen LogP contribution in [0.2, 0.25) is 5.02 Å². The first-order valence-electron chi connectivity index (χ1n) is 8.29. The largest absolute Gasteiger partial charge is 0.326 e. The molecule has 2 aromatic carbocycles. The summed E-state index contributed by atoms with van der Waals surface area (Å²) in [7, 11) is 0. The van der Waals surface area contributed by atoms with Crippen LogP contribution in [-0.4, -0.2) is 16.5 Å². The molecule has 0 aliphatic rings. The molecular weight excluding hydrogens is 332 g/mol. The molecule has 0 amide bonds. The van der Waals surface area contributed by atoms with Crippen LogP contribution in [0.25, 0.3) is 0 Å². The van der Waals surface area contributed by atoms with Gasteiger partial charge in [0.2, 0.25) is 5.95 Å². The smallest absolute Gasteiger partial charge is 0.229 e. The summed E-state index contributed by atoms with van der Waals surface area (Å²) < 4.78 is 0. The Hall–Kier alpha value is -2.59. The molecule has 0 fully saturated rings. The molecule has 25 heavy (non-hydrogen) atoms. The third-order valence-corrected chi connectivity index (χ3v) is 4.42. The van der Waals surface area contributed by atoms with Crippen LogP contribution in [0.3, 0.4) is 0 Å². The van der Waals surface area contributed by atoms with Gasteiger partial charge in [-0.3, -0.25) is 0 Å². The van der Waals surface area contributed by atoms with E-state index in [-0.39, 0.29) is 0 Å². The zero-order valence-corrected chi connectivity index (χ0v) is 15.4. The monoisotopic (exact) mass is 352 g/mol. The minimum absolute atomic E-state index is 0.565. The van der Waals surface area contributed by atoms with E-state index in [0.717, 1.165) is 40.0 Å². The number of nitrogens with zero attached hydrogens (tertiary/aromatic N) is 3. The van der Waals surface area contributed by atoms with E-state index in [2.05, 4.69) is 34.3 Å². The minimum Gasteiger partial charge on any atom is -0.326 e. The van der Waals surface area contributed by atoms with Crippen molar-refractivity contribution in [3.05, 3.63) is 70.9 Å². The molecule has 0 atom stereocenters. The van der Waals surface area contributed by atoms with E-state index in [0.29, 0.717) is 5.95 Å². The van der Waals surface area contributed by atoms with Crippen molar-refractivity contribution in [2.45, 2.75) is 20.8 Å². The Morgan fingerprint density at radius 3 is 2.48 bits per heavy atom. The second-order valence-electron chi connectivity index (χ2n) is 5.81. The SMILES string of the molecule is CCN(c1ccccc1)c1cc(C)nc(Nc2cccc(Cl)c2C)n1. The normalized spacial score (nSPS) is 10.6. The molecule has 5 heteroatoms. The highest BCUT2D eigenvalue weighted by molar-refractivity contribution is 6.31. The standard InChI is InChI=1S/C20H21ClN4/c1-4-25(16-9-6-5-7-10-16)19-13-14(2)22-20(24-19)23-18-12-8-11-17(21)15(18)3/h5-13H,4H2,1-3H3,(H,22,23,24). The van der Waals surface area contributed by atoms with Gasteiger partial charge in [-0.1, -0.05) is 35.9 Å². The van der Waals surface area contributed by atoms with Crippen molar-refractivity contribution < 1.29 is 0 Å². The number of hydrogen-bond acceptors (Lipinski definition) is 4. The number of benzene rings is 2. The first-order chi connectivity index (χ1) is 12.1. The van der Waals surface area contributed by atoms with E-state index < -0.39 is 0 Å². The Morgan fingerprint density at radius 2 is 1.76 bits per heavy atom. The molecule has 0 unspecified atom stereocenters. The number of hydrogen-bond donors (Lipinski definition) is 1. The fourth-order valence-corrected chi connectivity index (χ4v) is 2.87. The van der Waals surface area contributed by atoms with Gasteiger partial charge in [0, 0.05) is 34.7 Å². The van der Waals surface area contributed by atoms with Crippen LogP contribution in [-0.2, 0) is 0 Å². The molecule has 1 N–H and O–H groups in total. The number of anilines is 4. The van der Waals surface area contributed by atoms with Crippen molar-refractivity contribution in [2.75, 3.05) is 16.8 Å². The van der Waals surface area contributed by atoms with E-state index in [9.17, 15) is 0 Å². The quantitative estimate of drug-likeness (QED) is 0.644. The van der Waals surface area contributed by atoms with Gasteiger partial charge in [-0.25, -0.2) is 4.98 Å². The third-order valence-electron chi connectivity index (χ3n) is 4.02. The van der Waals surface area contributed by atoms with Gasteiger partial charge in [0.05, 0.1) is 0 Å². The third kappa shape index (κ3) is 3.91. The molecule has 4 nitrogen and oxygen atoms in total. The summed E-state index contributed by atoms with van der Waals surface area (Å²) in [5.41, 5.74) is 3.90. The van der Waals surface area contributed by atoms with Crippen molar-refractivity contribution in [3.8, 4) is 0 Å². The topological polar surface area (TPSA) is 41.1 Å². The van der Waals surface area contributed by atoms with Crippen LogP contribution >= 0.6 is 11.6 Å². The van der Waals surface area contributed by atoms with E-state index >= 15 is 0 Å². The zero-order chi connectivity index (χ0) is 17.8. The average Bonchev–Trinajstić information content (AvgIpc) is 2.60. The maximum atomic E-state index is 6.21. The van der Waals surface area contributed by atoms with Gasteiger partial charge < -0.3 is 10.2 Å². The Labute approximate surface area is 153 Å². The molecule has 0 aliphatic carbocycles. The van der Waals surface area contributed by atoms with Gasteiger partial charge in [0.25, 0.3) is 0 Å². The van der Waals surface area contributed by atoms with Gasteiger partial charge in [-0.15, -0.1) is 0 Å². The number of halogens is 1. The van der Waals surface area contributed by atoms with Crippen LogP contribution in [0.5, 0.6) is 0 Å². The molecule has 3 aromatic rings. The molecular formula is C20H21ClN4. The van der Waals surface area contributed by atoms with Gasteiger partial charge in [-0.05, 0) is 50.6 Å². The molecule has 0 aliphatic heterocycles. The number of aryl methyl sites for hydroxylation is 1. The van der Waals surface area contributed by atoms with E-state index in [1.807, 2.05) is 56.3 Å². The highest BCUT2D eigenvalue weighted by Gasteiger charge is 2.12. The van der Waals surface area contributed by atoms with Crippen LogP contribution in [0.1, 0.15) is 18.2 Å². The predicted molar refractivity (Wildman–Crippen MR) is 105 cm³/mol. The average molecular weight is 353 g/mol. The summed E-state index contributed by atoms with van der Waals surface area (Å²) in [5, 5.41) is 4.01. The number of nitrogens with one attached hydrogen (secondary N) is 1. The molecule has 0 saturated carbocycles. The van der Waals surface area contributed by atoms with Crippen LogP contribution in [0, 0.1) is 13.8 Å². The lowest BCUT2D eigenvalue weighted by Crippen LogP contribution is -2.18. The first-order valence-corrected chi connectivity index (χ1v) is 8.66. The number of aromatic nitrogens is 2. The van der Waals surface area contributed by atoms with Gasteiger partial charge in [0.1, 0.15) is 5.82 Å². The molecule has 0 radical (unpaired) electrons. The Morgan fingerprint density at radius 1 is 1.00 bits per heavy atom. The highest BCUT2D eigenvalue weighted by atomic mass is 35.5. The zero-order valence-electron chi connectivity index (χ0n) is 14.6. The molecule has 128 valence electrons. The van der Waals surface area contributed by atoms with Crippen molar-refractivity contribution in [2.24, 2.45) is 0 Å². The first kappa shape index (κ1) is 17.2. The summed E-state index contributed by atoms with van der Waals surface area (Å²) >= 11 is 6.21. The van der Waals surface area contributed by atoms with Crippen molar-refractivity contribution in [1.29, 1.82) is 0 Å². The van der Waals surface area contributed by atoms with Crippen molar-refractivity contribution in [3.63, 3.8) is 0 Å². The lowest BCUT2D eigenvalue weighted by Gasteiger charge is -2.23. The molecule has 1 heterocycles. The number of rotatable bonds is 5. The minimum atomic E-state index is 0.565. The summed E-state index contributed by atoms with van der Waals surface area (Å²) in [6.07, 6.45) is 0. The van der Waals surface area contributed by atoms with Gasteiger partial charge in [0.15, 0.2) is 0 Å².